The Hall–Kier alpha value is -1.59. The summed E-state index contributed by atoms with van der Waals surface area (Å²) in [7, 11) is 0. The first-order valence-corrected chi connectivity index (χ1v) is 8.35. The van der Waals surface area contributed by atoms with Gasteiger partial charge in [-0.1, -0.05) is 12.1 Å². The van der Waals surface area contributed by atoms with E-state index in [4.69, 9.17) is 9.47 Å². The molecule has 2 rings (SSSR count). The molecule has 0 saturated carbocycles. The van der Waals surface area contributed by atoms with Crippen LogP contribution in [0.15, 0.2) is 24.3 Å². The molecule has 1 N–H and O–H groups in total. The fraction of sp³-hybridized carbons (Fsp3) is 0.611. The molecule has 1 unspecified atom stereocenters. The molecule has 0 spiro atoms. The number of aryl methyl sites for hydroxylation is 1. The minimum atomic E-state index is -0.533. The number of piperidine rings is 1. The van der Waals surface area contributed by atoms with Crippen LogP contribution < -0.4 is 4.74 Å². The van der Waals surface area contributed by atoms with Crippen LogP contribution in [-0.2, 0) is 9.53 Å². The lowest BCUT2D eigenvalue weighted by Crippen LogP contribution is -2.42. The summed E-state index contributed by atoms with van der Waals surface area (Å²) in [6.07, 6.45) is 1.06. The second-order valence-corrected chi connectivity index (χ2v) is 6.11. The van der Waals surface area contributed by atoms with Crippen LogP contribution in [0.3, 0.4) is 0 Å². The molecule has 0 bridgehead atoms. The van der Waals surface area contributed by atoms with Gasteiger partial charge in [0.05, 0.1) is 12.5 Å². The SMILES string of the molecule is CCOC(=O)C1CCN(CC(O)COc2cccc(C)c2)CC1. The molecule has 128 valence electrons. The number of nitrogens with zero attached hydrogens (tertiary/aromatic N) is 1. The standard InChI is InChI=1S/C18H27NO4/c1-3-22-18(21)15-7-9-19(10-8-15)12-16(20)13-23-17-6-4-5-14(2)11-17/h4-6,11,15-16,20H,3,7-10,12-13H2,1-2H3. The number of hydrogen-bond acceptors (Lipinski definition) is 5. The van der Waals surface area contributed by atoms with Crippen LogP contribution in [0.5, 0.6) is 5.75 Å². The summed E-state index contributed by atoms with van der Waals surface area (Å²) in [5.41, 5.74) is 1.14. The van der Waals surface area contributed by atoms with Crippen molar-refractivity contribution in [3.05, 3.63) is 29.8 Å². The van der Waals surface area contributed by atoms with Gasteiger partial charge in [0.1, 0.15) is 18.5 Å². The number of esters is 1. The quantitative estimate of drug-likeness (QED) is 0.779. The van der Waals surface area contributed by atoms with Gasteiger partial charge < -0.3 is 19.5 Å². The summed E-state index contributed by atoms with van der Waals surface area (Å²) in [4.78, 5) is 13.9. The second kappa shape index (κ2) is 8.89. The number of aliphatic hydroxyl groups excluding tert-OH is 1. The summed E-state index contributed by atoms with van der Waals surface area (Å²) in [6.45, 7) is 6.75. The van der Waals surface area contributed by atoms with E-state index in [9.17, 15) is 9.90 Å². The van der Waals surface area contributed by atoms with Crippen LogP contribution in [-0.4, -0.2) is 54.9 Å². The van der Waals surface area contributed by atoms with Crippen LogP contribution in [0.4, 0.5) is 0 Å². The number of aliphatic hydroxyl groups is 1. The van der Waals surface area contributed by atoms with Gasteiger partial charge in [0.15, 0.2) is 0 Å². The predicted molar refractivity (Wildman–Crippen MR) is 88.5 cm³/mol. The van der Waals surface area contributed by atoms with Crippen molar-refractivity contribution in [1.82, 2.24) is 4.90 Å². The number of rotatable bonds is 7. The smallest absolute Gasteiger partial charge is 0.309 e. The van der Waals surface area contributed by atoms with Crippen molar-refractivity contribution in [3.8, 4) is 5.75 Å². The molecule has 1 fully saturated rings. The number of carbonyl (C=O) groups is 1. The molecular weight excluding hydrogens is 294 g/mol. The van der Waals surface area contributed by atoms with Crippen molar-refractivity contribution in [2.75, 3.05) is 32.8 Å². The van der Waals surface area contributed by atoms with E-state index >= 15 is 0 Å². The zero-order chi connectivity index (χ0) is 16.7. The fourth-order valence-electron chi connectivity index (χ4n) is 2.86. The Bertz CT molecular complexity index is 498. The van der Waals surface area contributed by atoms with E-state index < -0.39 is 6.10 Å². The Balaban J connectivity index is 1.68. The average molecular weight is 321 g/mol. The average Bonchev–Trinajstić information content (AvgIpc) is 2.54. The van der Waals surface area contributed by atoms with Gasteiger partial charge in [-0.2, -0.15) is 0 Å². The third-order valence-corrected chi connectivity index (χ3v) is 4.11. The molecule has 1 atom stereocenters. The van der Waals surface area contributed by atoms with Crippen LogP contribution in [0.2, 0.25) is 0 Å². The molecular formula is C18H27NO4. The summed E-state index contributed by atoms with van der Waals surface area (Å²) >= 11 is 0. The number of hydrogen-bond donors (Lipinski definition) is 1. The second-order valence-electron chi connectivity index (χ2n) is 6.11. The Morgan fingerprint density at radius 1 is 1.39 bits per heavy atom. The molecule has 1 saturated heterocycles. The lowest BCUT2D eigenvalue weighted by molar-refractivity contribution is -0.149. The maximum atomic E-state index is 11.7. The summed E-state index contributed by atoms with van der Waals surface area (Å²) < 4.78 is 10.7. The maximum absolute atomic E-state index is 11.7. The van der Waals surface area contributed by atoms with E-state index in [1.54, 1.807) is 0 Å². The number of carbonyl (C=O) groups excluding carboxylic acids is 1. The van der Waals surface area contributed by atoms with Crippen LogP contribution in [0.1, 0.15) is 25.3 Å². The molecule has 1 aliphatic heterocycles. The largest absolute Gasteiger partial charge is 0.491 e. The molecule has 5 heteroatoms. The normalized spacial score (nSPS) is 17.7. The highest BCUT2D eigenvalue weighted by Crippen LogP contribution is 2.19. The minimum Gasteiger partial charge on any atom is -0.491 e. The Kier molecular flexibility index (Phi) is 6.86. The molecule has 0 amide bonds. The number of benzene rings is 1. The zero-order valence-corrected chi connectivity index (χ0v) is 14.0. The van der Waals surface area contributed by atoms with E-state index in [2.05, 4.69) is 4.90 Å². The molecule has 1 aliphatic rings. The summed E-state index contributed by atoms with van der Waals surface area (Å²) in [6, 6.07) is 7.80. The highest BCUT2D eigenvalue weighted by Gasteiger charge is 2.26. The van der Waals surface area contributed by atoms with Crippen molar-refractivity contribution in [3.63, 3.8) is 0 Å². The lowest BCUT2D eigenvalue weighted by Gasteiger charge is -2.32. The predicted octanol–water partition coefficient (Wildman–Crippen LogP) is 2.01. The van der Waals surface area contributed by atoms with E-state index in [-0.39, 0.29) is 18.5 Å². The number of likely N-dealkylation sites (tertiary alicyclic amines) is 1. The van der Waals surface area contributed by atoms with Gasteiger partial charge in [0.2, 0.25) is 0 Å². The van der Waals surface area contributed by atoms with Gasteiger partial charge in [0, 0.05) is 6.54 Å². The molecule has 0 radical (unpaired) electrons. The highest BCUT2D eigenvalue weighted by atomic mass is 16.5. The fourth-order valence-corrected chi connectivity index (χ4v) is 2.86. The number of β-amino-alcohol motifs (C(OH)–C–C–N with tert-alkyl or cyclic N) is 1. The van der Waals surface area contributed by atoms with Crippen LogP contribution in [0.25, 0.3) is 0 Å². The van der Waals surface area contributed by atoms with Gasteiger partial charge in [-0.3, -0.25) is 4.79 Å². The first-order valence-electron chi connectivity index (χ1n) is 8.35. The molecule has 23 heavy (non-hydrogen) atoms. The zero-order valence-electron chi connectivity index (χ0n) is 14.0. The van der Waals surface area contributed by atoms with Gasteiger partial charge >= 0.3 is 5.97 Å². The molecule has 1 aromatic carbocycles. The monoisotopic (exact) mass is 321 g/mol. The molecule has 1 heterocycles. The van der Waals surface area contributed by atoms with Crippen molar-refractivity contribution in [2.45, 2.75) is 32.8 Å². The van der Waals surface area contributed by atoms with Crippen LogP contribution >= 0.6 is 0 Å². The van der Waals surface area contributed by atoms with E-state index in [1.165, 1.54) is 0 Å². The molecule has 1 aromatic rings. The summed E-state index contributed by atoms with van der Waals surface area (Å²) in [5.74, 6) is 0.701. The van der Waals surface area contributed by atoms with E-state index in [0.717, 1.165) is 37.2 Å². The third-order valence-electron chi connectivity index (χ3n) is 4.11. The Morgan fingerprint density at radius 2 is 2.13 bits per heavy atom. The molecule has 0 aromatic heterocycles. The first-order chi connectivity index (χ1) is 11.1. The van der Waals surface area contributed by atoms with Crippen molar-refractivity contribution < 1.29 is 19.4 Å². The van der Waals surface area contributed by atoms with Crippen LogP contribution in [0, 0.1) is 12.8 Å². The van der Waals surface area contributed by atoms with E-state index in [1.807, 2.05) is 38.1 Å². The van der Waals surface area contributed by atoms with Crippen molar-refractivity contribution >= 4 is 5.97 Å². The Labute approximate surface area is 138 Å². The highest BCUT2D eigenvalue weighted by molar-refractivity contribution is 5.72. The van der Waals surface area contributed by atoms with Gasteiger partial charge in [-0.25, -0.2) is 0 Å². The van der Waals surface area contributed by atoms with Gasteiger partial charge in [-0.05, 0) is 57.5 Å². The first kappa shape index (κ1) is 17.8. The third kappa shape index (κ3) is 5.84. The van der Waals surface area contributed by atoms with Gasteiger partial charge in [-0.15, -0.1) is 0 Å². The maximum Gasteiger partial charge on any atom is 0.309 e. The van der Waals surface area contributed by atoms with Crippen molar-refractivity contribution in [2.24, 2.45) is 5.92 Å². The van der Waals surface area contributed by atoms with Crippen molar-refractivity contribution in [1.29, 1.82) is 0 Å². The lowest BCUT2D eigenvalue weighted by atomic mass is 9.97. The number of ether oxygens (including phenoxy) is 2. The minimum absolute atomic E-state index is 0.00638. The topological polar surface area (TPSA) is 59.0 Å². The molecule has 0 aliphatic carbocycles. The Morgan fingerprint density at radius 3 is 2.78 bits per heavy atom. The van der Waals surface area contributed by atoms with Gasteiger partial charge in [0.25, 0.3) is 0 Å². The molecule has 5 nitrogen and oxygen atoms in total. The summed E-state index contributed by atoms with van der Waals surface area (Å²) in [5, 5.41) is 10.1. The van der Waals surface area contributed by atoms with E-state index in [0.29, 0.717) is 13.2 Å².